The standard InChI is InChI=1S/C5H8N2O7/c1-5(6(9)10,7(11)12)3-14-4(8)13-2/h3H2,1-2H3. The summed E-state index contributed by atoms with van der Waals surface area (Å²) in [5.74, 6) is 0. The van der Waals surface area contributed by atoms with Gasteiger partial charge in [0.1, 0.15) is 9.85 Å². The van der Waals surface area contributed by atoms with Gasteiger partial charge in [0.15, 0.2) is 0 Å². The highest BCUT2D eigenvalue weighted by Gasteiger charge is 2.52. The van der Waals surface area contributed by atoms with Crippen molar-refractivity contribution in [2.75, 3.05) is 13.7 Å². The second kappa shape index (κ2) is 4.35. The van der Waals surface area contributed by atoms with Gasteiger partial charge in [0.2, 0.25) is 6.61 Å². The van der Waals surface area contributed by atoms with E-state index in [0.29, 0.717) is 0 Å². The van der Waals surface area contributed by atoms with E-state index in [1.54, 1.807) is 0 Å². The number of carbonyl (C=O) groups is 1. The Bertz CT molecular complexity index is 249. The molecule has 14 heavy (non-hydrogen) atoms. The van der Waals surface area contributed by atoms with Crippen molar-refractivity contribution >= 4 is 6.16 Å². The lowest BCUT2D eigenvalue weighted by Gasteiger charge is -2.11. The molecule has 0 amide bonds. The van der Waals surface area contributed by atoms with Crippen LogP contribution in [0.2, 0.25) is 0 Å². The van der Waals surface area contributed by atoms with Gasteiger partial charge in [-0.3, -0.25) is 20.2 Å². The fraction of sp³-hybridized carbons (Fsp3) is 0.800. The van der Waals surface area contributed by atoms with Crippen LogP contribution in [0.3, 0.4) is 0 Å². The van der Waals surface area contributed by atoms with Gasteiger partial charge in [-0.15, -0.1) is 0 Å². The monoisotopic (exact) mass is 208 g/mol. The van der Waals surface area contributed by atoms with Gasteiger partial charge < -0.3 is 9.47 Å². The highest BCUT2D eigenvalue weighted by molar-refractivity contribution is 5.59. The Balaban J connectivity index is 4.47. The van der Waals surface area contributed by atoms with Crippen LogP contribution in [0.1, 0.15) is 6.92 Å². The molecule has 0 aromatic rings. The summed E-state index contributed by atoms with van der Waals surface area (Å²) in [5.41, 5.74) is -2.55. The van der Waals surface area contributed by atoms with Gasteiger partial charge in [0, 0.05) is 0 Å². The van der Waals surface area contributed by atoms with Gasteiger partial charge in [-0.25, -0.2) is 4.79 Å². The van der Waals surface area contributed by atoms with E-state index in [-0.39, 0.29) is 0 Å². The van der Waals surface area contributed by atoms with Crippen LogP contribution in [-0.2, 0) is 9.47 Å². The largest absolute Gasteiger partial charge is 0.508 e. The third-order valence-corrected chi connectivity index (χ3v) is 1.42. The van der Waals surface area contributed by atoms with E-state index in [4.69, 9.17) is 0 Å². The highest BCUT2D eigenvalue weighted by Crippen LogP contribution is 2.10. The van der Waals surface area contributed by atoms with E-state index in [1.165, 1.54) is 0 Å². The van der Waals surface area contributed by atoms with Crippen LogP contribution in [0.4, 0.5) is 4.79 Å². The van der Waals surface area contributed by atoms with Crippen molar-refractivity contribution in [3.8, 4) is 0 Å². The third-order valence-electron chi connectivity index (χ3n) is 1.42. The van der Waals surface area contributed by atoms with Crippen molar-refractivity contribution in [1.82, 2.24) is 0 Å². The van der Waals surface area contributed by atoms with E-state index in [1.807, 2.05) is 0 Å². The molecule has 0 unspecified atom stereocenters. The summed E-state index contributed by atoms with van der Waals surface area (Å²) in [6.07, 6.45) is -1.21. The fourth-order valence-electron chi connectivity index (χ4n) is 0.427. The van der Waals surface area contributed by atoms with Gasteiger partial charge in [-0.1, -0.05) is 0 Å². The smallest absolute Gasteiger partial charge is 0.438 e. The maximum Gasteiger partial charge on any atom is 0.508 e. The number of nitrogens with zero attached hydrogens (tertiary/aromatic N) is 2. The van der Waals surface area contributed by atoms with E-state index in [0.717, 1.165) is 14.0 Å². The predicted octanol–water partition coefficient (Wildman–Crippen LogP) is 0.0390. The fourth-order valence-corrected chi connectivity index (χ4v) is 0.427. The van der Waals surface area contributed by atoms with Gasteiger partial charge in [0.25, 0.3) is 0 Å². The minimum Gasteiger partial charge on any atom is -0.438 e. The molecule has 0 N–H and O–H groups in total. The Morgan fingerprint density at radius 3 is 2.07 bits per heavy atom. The van der Waals surface area contributed by atoms with E-state index < -0.39 is 28.3 Å². The molecule has 0 bridgehead atoms. The van der Waals surface area contributed by atoms with Gasteiger partial charge in [-0.05, 0) is 0 Å². The second-order valence-corrected chi connectivity index (χ2v) is 2.47. The van der Waals surface area contributed by atoms with Crippen molar-refractivity contribution < 1.29 is 24.1 Å². The van der Waals surface area contributed by atoms with Gasteiger partial charge in [-0.2, -0.15) is 0 Å². The highest BCUT2D eigenvalue weighted by atomic mass is 16.7. The molecular formula is C5H8N2O7. The number of carbonyl (C=O) groups excluding carboxylic acids is 1. The Morgan fingerprint density at radius 2 is 1.79 bits per heavy atom. The van der Waals surface area contributed by atoms with Crippen molar-refractivity contribution in [2.45, 2.75) is 12.6 Å². The van der Waals surface area contributed by atoms with E-state index in [9.17, 15) is 25.0 Å². The zero-order valence-electron chi connectivity index (χ0n) is 7.46. The zero-order valence-corrected chi connectivity index (χ0v) is 7.46. The molecule has 9 heteroatoms. The molecule has 0 aromatic carbocycles. The Kier molecular flexibility index (Phi) is 3.75. The maximum atomic E-state index is 10.4. The van der Waals surface area contributed by atoms with Crippen molar-refractivity contribution in [3.63, 3.8) is 0 Å². The first-order chi connectivity index (χ1) is 6.34. The Labute approximate surface area is 77.9 Å². The maximum absolute atomic E-state index is 10.4. The van der Waals surface area contributed by atoms with Gasteiger partial charge in [0.05, 0.1) is 14.0 Å². The van der Waals surface area contributed by atoms with Crippen LogP contribution < -0.4 is 0 Å². The zero-order chi connectivity index (χ0) is 11.4. The molecule has 0 aliphatic heterocycles. The summed E-state index contributed by atoms with van der Waals surface area (Å²) < 4.78 is 8.13. The normalized spacial score (nSPS) is 10.4. The minimum atomic E-state index is -2.55. The van der Waals surface area contributed by atoms with Crippen molar-refractivity contribution in [1.29, 1.82) is 0 Å². The number of hydrogen-bond acceptors (Lipinski definition) is 7. The summed E-state index contributed by atoms with van der Waals surface area (Å²) in [4.78, 5) is 28.7. The lowest BCUT2D eigenvalue weighted by atomic mass is 10.2. The first kappa shape index (κ1) is 12.1. The average Bonchev–Trinajstić information content (AvgIpc) is 2.12. The molecule has 0 aliphatic carbocycles. The summed E-state index contributed by atoms with van der Waals surface area (Å²) >= 11 is 0. The van der Waals surface area contributed by atoms with Crippen molar-refractivity contribution in [2.24, 2.45) is 0 Å². The molecule has 0 aromatic heterocycles. The molecule has 0 heterocycles. The quantitative estimate of drug-likeness (QED) is 0.276. The van der Waals surface area contributed by atoms with E-state index in [2.05, 4.69) is 9.47 Å². The van der Waals surface area contributed by atoms with Crippen LogP contribution >= 0.6 is 0 Å². The molecule has 0 saturated heterocycles. The van der Waals surface area contributed by atoms with Crippen LogP contribution in [0.15, 0.2) is 0 Å². The summed E-state index contributed by atoms with van der Waals surface area (Å²) in [6.45, 7) is -0.254. The molecule has 0 fully saturated rings. The first-order valence-electron chi connectivity index (χ1n) is 3.34. The van der Waals surface area contributed by atoms with Crippen LogP contribution in [-0.4, -0.2) is 35.4 Å². The summed E-state index contributed by atoms with van der Waals surface area (Å²) in [7, 11) is 0.984. The minimum absolute atomic E-state index is 0.732. The number of hydrogen-bond donors (Lipinski definition) is 0. The summed E-state index contributed by atoms with van der Waals surface area (Å²) in [6, 6.07) is 0. The SMILES string of the molecule is COC(=O)OCC(C)([N+](=O)[O-])[N+](=O)[O-]. The molecule has 0 spiro atoms. The lowest BCUT2D eigenvalue weighted by molar-refractivity contribution is -0.793. The first-order valence-corrected chi connectivity index (χ1v) is 3.34. The van der Waals surface area contributed by atoms with Crippen LogP contribution in [0, 0.1) is 20.2 Å². The lowest BCUT2D eigenvalue weighted by Crippen LogP contribution is -2.47. The number of ether oxygens (including phenoxy) is 2. The second-order valence-electron chi connectivity index (χ2n) is 2.47. The number of nitro groups is 2. The molecule has 0 rings (SSSR count). The predicted molar refractivity (Wildman–Crippen MR) is 40.8 cm³/mol. The molecule has 0 aliphatic rings. The molecular weight excluding hydrogens is 200 g/mol. The third kappa shape index (κ3) is 2.54. The molecule has 80 valence electrons. The molecule has 0 radical (unpaired) electrons. The van der Waals surface area contributed by atoms with Crippen molar-refractivity contribution in [3.05, 3.63) is 20.2 Å². The van der Waals surface area contributed by atoms with Crippen LogP contribution in [0.25, 0.3) is 0 Å². The molecule has 9 nitrogen and oxygen atoms in total. The number of methoxy groups -OCH3 is 1. The average molecular weight is 208 g/mol. The Morgan fingerprint density at radius 1 is 1.36 bits per heavy atom. The topological polar surface area (TPSA) is 122 Å². The Hall–Kier alpha value is -1.93. The molecule has 0 saturated carbocycles. The van der Waals surface area contributed by atoms with Crippen LogP contribution in [0.5, 0.6) is 0 Å². The van der Waals surface area contributed by atoms with E-state index >= 15 is 0 Å². The summed E-state index contributed by atoms with van der Waals surface area (Å²) in [5, 5.41) is 20.6. The number of rotatable bonds is 4. The van der Waals surface area contributed by atoms with Gasteiger partial charge >= 0.3 is 11.8 Å². The molecule has 0 atom stereocenters.